The molecular formula is C27H37F3N4O. The summed E-state index contributed by atoms with van der Waals surface area (Å²) in [6, 6.07) is 6.07. The van der Waals surface area contributed by atoms with E-state index < -0.39 is 11.7 Å². The molecule has 1 unspecified atom stereocenters. The number of aryl methyl sites for hydroxylation is 2. The van der Waals surface area contributed by atoms with Gasteiger partial charge in [-0.15, -0.1) is 10.2 Å². The molecule has 2 aromatic rings. The molecule has 1 aliphatic rings. The van der Waals surface area contributed by atoms with Crippen molar-refractivity contribution in [1.82, 2.24) is 15.1 Å². The van der Waals surface area contributed by atoms with E-state index in [-0.39, 0.29) is 11.3 Å². The molecule has 0 bridgehead atoms. The van der Waals surface area contributed by atoms with Crippen molar-refractivity contribution < 1.29 is 18.0 Å². The Labute approximate surface area is 206 Å². The lowest BCUT2D eigenvalue weighted by Gasteiger charge is -2.34. The summed E-state index contributed by atoms with van der Waals surface area (Å²) in [6.07, 6.45) is -0.723. The van der Waals surface area contributed by atoms with Crippen LogP contribution < -0.4 is 4.90 Å². The molecule has 2 heterocycles. The van der Waals surface area contributed by atoms with E-state index in [2.05, 4.69) is 35.9 Å². The number of hydrogen-bond acceptors (Lipinski definition) is 4. The van der Waals surface area contributed by atoms with Gasteiger partial charge in [0.05, 0.1) is 11.3 Å². The lowest BCUT2D eigenvalue weighted by atomic mass is 9.91. The predicted molar refractivity (Wildman–Crippen MR) is 133 cm³/mol. The van der Waals surface area contributed by atoms with Gasteiger partial charge in [-0.3, -0.25) is 4.79 Å². The van der Waals surface area contributed by atoms with Crippen molar-refractivity contribution in [3.8, 4) is 11.3 Å². The molecule has 1 atom stereocenters. The first-order valence-corrected chi connectivity index (χ1v) is 12.3. The van der Waals surface area contributed by atoms with Gasteiger partial charge >= 0.3 is 6.18 Å². The van der Waals surface area contributed by atoms with E-state index in [1.54, 1.807) is 13.8 Å². The highest BCUT2D eigenvalue weighted by molar-refractivity contribution is 5.76. The quantitative estimate of drug-likeness (QED) is 0.478. The Hall–Kier alpha value is -2.64. The summed E-state index contributed by atoms with van der Waals surface area (Å²) in [5.41, 5.74) is 1.66. The number of carbonyl (C=O) groups excluding carboxylic acids is 1. The minimum atomic E-state index is -4.37. The number of amides is 1. The van der Waals surface area contributed by atoms with Crippen LogP contribution in [0.15, 0.2) is 24.3 Å². The zero-order valence-corrected chi connectivity index (χ0v) is 21.7. The fourth-order valence-corrected chi connectivity index (χ4v) is 4.76. The maximum absolute atomic E-state index is 13.1. The molecule has 35 heavy (non-hydrogen) atoms. The van der Waals surface area contributed by atoms with Crippen LogP contribution in [0.5, 0.6) is 0 Å². The third-order valence-electron chi connectivity index (χ3n) is 6.59. The van der Waals surface area contributed by atoms with Gasteiger partial charge in [-0.1, -0.05) is 20.8 Å². The van der Waals surface area contributed by atoms with Crippen LogP contribution in [0.2, 0.25) is 0 Å². The highest BCUT2D eigenvalue weighted by Crippen LogP contribution is 2.35. The van der Waals surface area contributed by atoms with E-state index in [1.165, 1.54) is 0 Å². The Bertz CT molecular complexity index is 1010. The summed E-state index contributed by atoms with van der Waals surface area (Å²) in [4.78, 5) is 16.5. The monoisotopic (exact) mass is 490 g/mol. The average Bonchev–Trinajstić information content (AvgIpc) is 2.76. The summed E-state index contributed by atoms with van der Waals surface area (Å²) in [5.74, 6) is 1.42. The minimum absolute atomic E-state index is 0.0186. The molecule has 1 aromatic carbocycles. The van der Waals surface area contributed by atoms with Gasteiger partial charge in [0.15, 0.2) is 5.82 Å². The van der Waals surface area contributed by atoms with E-state index in [4.69, 9.17) is 0 Å². The van der Waals surface area contributed by atoms with Crippen LogP contribution in [0.3, 0.4) is 0 Å². The molecular weight excluding hydrogens is 453 g/mol. The fraction of sp³-hybridized carbons (Fsp3) is 0.593. The van der Waals surface area contributed by atoms with Gasteiger partial charge in [0.2, 0.25) is 5.91 Å². The number of nitrogens with zero attached hydrogens (tertiary/aromatic N) is 4. The highest BCUT2D eigenvalue weighted by Gasteiger charge is 2.31. The Morgan fingerprint density at radius 1 is 1.11 bits per heavy atom. The number of alkyl halides is 3. The number of hydrogen-bond donors (Lipinski definition) is 0. The van der Waals surface area contributed by atoms with Crippen LogP contribution in [0.25, 0.3) is 11.3 Å². The molecule has 0 spiro atoms. The Morgan fingerprint density at radius 2 is 1.77 bits per heavy atom. The van der Waals surface area contributed by atoms with Crippen molar-refractivity contribution in [2.45, 2.75) is 66.5 Å². The molecule has 0 saturated carbocycles. The van der Waals surface area contributed by atoms with E-state index in [0.29, 0.717) is 34.7 Å². The second kappa shape index (κ2) is 10.5. The Kier molecular flexibility index (Phi) is 8.12. The maximum atomic E-state index is 13.1. The predicted octanol–water partition coefficient (Wildman–Crippen LogP) is 6.28. The second-order valence-corrected chi connectivity index (χ2v) is 11.1. The van der Waals surface area contributed by atoms with Crippen LogP contribution >= 0.6 is 0 Å². The molecule has 3 rings (SSSR count). The van der Waals surface area contributed by atoms with Crippen LogP contribution in [0.4, 0.5) is 19.0 Å². The second-order valence-electron chi connectivity index (χ2n) is 11.1. The number of aromatic nitrogens is 2. The molecule has 0 aliphatic carbocycles. The molecule has 1 fully saturated rings. The fourth-order valence-electron chi connectivity index (χ4n) is 4.76. The summed E-state index contributed by atoms with van der Waals surface area (Å²) >= 11 is 0. The first-order chi connectivity index (χ1) is 16.2. The number of rotatable bonds is 6. The molecule has 1 saturated heterocycles. The lowest BCUT2D eigenvalue weighted by Crippen LogP contribution is -2.38. The average molecular weight is 491 g/mol. The number of carbonyl (C=O) groups is 1. The van der Waals surface area contributed by atoms with Crippen molar-refractivity contribution in [3.05, 3.63) is 41.0 Å². The third kappa shape index (κ3) is 7.18. The van der Waals surface area contributed by atoms with Gasteiger partial charge in [-0.25, -0.2) is 0 Å². The molecule has 5 nitrogen and oxygen atoms in total. The first-order valence-electron chi connectivity index (χ1n) is 12.3. The van der Waals surface area contributed by atoms with E-state index in [1.807, 2.05) is 24.1 Å². The van der Waals surface area contributed by atoms with E-state index in [9.17, 15) is 18.0 Å². The minimum Gasteiger partial charge on any atom is -0.355 e. The third-order valence-corrected chi connectivity index (χ3v) is 6.59. The molecule has 192 valence electrons. The van der Waals surface area contributed by atoms with Gasteiger partial charge in [0.1, 0.15) is 0 Å². The van der Waals surface area contributed by atoms with Crippen LogP contribution in [0.1, 0.15) is 63.1 Å². The highest BCUT2D eigenvalue weighted by atomic mass is 19.4. The van der Waals surface area contributed by atoms with Crippen LogP contribution in [-0.2, 0) is 11.0 Å². The number of piperidine rings is 1. The van der Waals surface area contributed by atoms with Crippen LogP contribution in [-0.4, -0.2) is 47.7 Å². The van der Waals surface area contributed by atoms with Gasteiger partial charge < -0.3 is 9.80 Å². The smallest absolute Gasteiger partial charge is 0.355 e. The molecule has 1 aromatic heterocycles. The zero-order chi connectivity index (χ0) is 26.0. The summed E-state index contributed by atoms with van der Waals surface area (Å²) in [5, 5.41) is 8.79. The molecule has 0 radical (unpaired) electrons. The zero-order valence-electron chi connectivity index (χ0n) is 21.7. The topological polar surface area (TPSA) is 49.3 Å². The number of benzene rings is 1. The van der Waals surface area contributed by atoms with Crippen molar-refractivity contribution in [2.24, 2.45) is 11.3 Å². The largest absolute Gasteiger partial charge is 0.416 e. The summed E-state index contributed by atoms with van der Waals surface area (Å²) < 4.78 is 39.4. The molecule has 8 heteroatoms. The van der Waals surface area contributed by atoms with Crippen LogP contribution in [0, 0.1) is 25.2 Å². The van der Waals surface area contributed by atoms with Crippen molar-refractivity contribution in [3.63, 3.8) is 0 Å². The van der Waals surface area contributed by atoms with Crippen molar-refractivity contribution >= 4 is 11.7 Å². The Balaban J connectivity index is 1.64. The molecule has 1 amide bonds. The van der Waals surface area contributed by atoms with Gasteiger partial charge in [0.25, 0.3) is 0 Å². The van der Waals surface area contributed by atoms with E-state index in [0.717, 1.165) is 56.8 Å². The number of anilines is 1. The normalized spacial score (nSPS) is 16.9. The van der Waals surface area contributed by atoms with Gasteiger partial charge in [-0.05, 0) is 79.8 Å². The number of halogens is 3. The van der Waals surface area contributed by atoms with Crippen molar-refractivity contribution in [1.29, 1.82) is 0 Å². The van der Waals surface area contributed by atoms with Crippen molar-refractivity contribution in [2.75, 3.05) is 31.6 Å². The molecule has 0 N–H and O–H groups in total. The summed E-state index contributed by atoms with van der Waals surface area (Å²) in [6.45, 7) is 12.1. The first kappa shape index (κ1) is 27.0. The molecule has 1 aliphatic heterocycles. The SMILES string of the molecule is Cc1cc(C(F)(F)F)cc(C)c1-c1ccc(N2CCCC(CCN(C)C(=O)CC(C)(C)C)C2)nn1. The van der Waals surface area contributed by atoms with Gasteiger partial charge in [-0.2, -0.15) is 13.2 Å². The van der Waals surface area contributed by atoms with Gasteiger partial charge in [0, 0.05) is 38.7 Å². The maximum Gasteiger partial charge on any atom is 0.416 e. The lowest BCUT2D eigenvalue weighted by molar-refractivity contribution is -0.137. The standard InChI is InChI=1S/C27H37F3N4O/c1-18-14-21(27(28,29)30)15-19(2)25(18)22-9-10-23(32-31-22)34-12-7-8-20(17-34)11-13-33(6)24(35)16-26(3,4)5/h9-10,14-15,20H,7-8,11-13,16-17H2,1-6H3. The van der Waals surface area contributed by atoms with E-state index >= 15 is 0 Å². The summed E-state index contributed by atoms with van der Waals surface area (Å²) in [7, 11) is 1.88. The Morgan fingerprint density at radius 3 is 2.31 bits per heavy atom.